The first-order valence-electron chi connectivity index (χ1n) is 10.4. The maximum atomic E-state index is 13.0. The fraction of sp³-hybridized carbons (Fsp3) is 0.348. The lowest BCUT2D eigenvalue weighted by Crippen LogP contribution is -2.35. The van der Waals surface area contributed by atoms with Gasteiger partial charge < -0.3 is 18.6 Å². The quantitative estimate of drug-likeness (QED) is 0.534. The minimum Gasteiger partial charge on any atom is -0.497 e. The number of nitrogens with one attached hydrogen (secondary N) is 1. The maximum absolute atomic E-state index is 13.0. The molecule has 1 saturated heterocycles. The third kappa shape index (κ3) is 4.62. The molecule has 10 nitrogen and oxygen atoms in total. The average Bonchev–Trinajstić information content (AvgIpc) is 3.44. The van der Waals surface area contributed by atoms with Gasteiger partial charge in [-0.3, -0.25) is 10.1 Å². The van der Waals surface area contributed by atoms with E-state index in [1.165, 1.54) is 38.5 Å². The highest BCUT2D eigenvalue weighted by molar-refractivity contribution is 7.92. The molecule has 1 aliphatic heterocycles. The molecule has 2 aromatic carbocycles. The summed E-state index contributed by atoms with van der Waals surface area (Å²) >= 11 is 0. The van der Waals surface area contributed by atoms with Crippen LogP contribution < -0.4 is 14.8 Å². The zero-order chi connectivity index (χ0) is 24.5. The van der Waals surface area contributed by atoms with Crippen LogP contribution in [0.25, 0.3) is 11.5 Å². The molecule has 2 heterocycles. The first-order chi connectivity index (χ1) is 16.1. The summed E-state index contributed by atoms with van der Waals surface area (Å²) in [5.74, 6) is 0.726. The maximum Gasteiger partial charge on any atom is 0.322 e. The van der Waals surface area contributed by atoms with Crippen LogP contribution in [0, 0.1) is 5.41 Å². The molecule has 1 amide bonds. The van der Waals surface area contributed by atoms with Crippen LogP contribution in [0.2, 0.25) is 0 Å². The van der Waals surface area contributed by atoms with Crippen LogP contribution in [0.1, 0.15) is 24.2 Å². The number of methoxy groups -OCH3 is 2. The third-order valence-electron chi connectivity index (χ3n) is 5.68. The number of hydrogen-bond acceptors (Lipinski definition) is 9. The van der Waals surface area contributed by atoms with Gasteiger partial charge in [0.1, 0.15) is 11.5 Å². The second kappa shape index (κ2) is 9.07. The van der Waals surface area contributed by atoms with E-state index in [1.807, 2.05) is 13.8 Å². The molecule has 180 valence electrons. The number of rotatable bonds is 7. The van der Waals surface area contributed by atoms with Crippen molar-refractivity contribution in [1.82, 2.24) is 10.2 Å². The van der Waals surface area contributed by atoms with Gasteiger partial charge in [-0.25, -0.2) is 8.42 Å². The predicted molar refractivity (Wildman–Crippen MR) is 123 cm³/mol. The predicted octanol–water partition coefficient (Wildman–Crippen LogP) is 3.20. The van der Waals surface area contributed by atoms with Crippen molar-refractivity contribution < 1.29 is 31.8 Å². The van der Waals surface area contributed by atoms with Crippen molar-refractivity contribution in [3.8, 4) is 23.0 Å². The Morgan fingerprint density at radius 2 is 1.71 bits per heavy atom. The highest BCUT2D eigenvalue weighted by Crippen LogP contribution is 2.36. The average molecular weight is 488 g/mol. The lowest BCUT2D eigenvalue weighted by molar-refractivity contribution is 0.102. The molecule has 0 saturated carbocycles. The van der Waals surface area contributed by atoms with E-state index in [0.717, 1.165) is 0 Å². The molecule has 34 heavy (non-hydrogen) atoms. The number of sulfone groups is 1. The van der Waals surface area contributed by atoms with Crippen molar-refractivity contribution in [2.75, 3.05) is 32.8 Å². The number of nitrogens with zero attached hydrogens (tertiary/aromatic N) is 2. The normalized spacial score (nSPS) is 17.4. The smallest absolute Gasteiger partial charge is 0.322 e. The molecule has 1 N–H and O–H groups in total. The van der Waals surface area contributed by atoms with E-state index >= 15 is 0 Å². The third-order valence-corrected chi connectivity index (χ3v) is 8.13. The fourth-order valence-electron chi connectivity index (χ4n) is 3.71. The van der Waals surface area contributed by atoms with E-state index in [0.29, 0.717) is 23.7 Å². The van der Waals surface area contributed by atoms with E-state index < -0.39 is 26.4 Å². The van der Waals surface area contributed by atoms with Crippen LogP contribution in [0.3, 0.4) is 0 Å². The Labute approximate surface area is 197 Å². The lowest BCUT2D eigenvalue weighted by Gasteiger charge is -2.24. The number of carbonyl (C=O) groups is 1. The van der Waals surface area contributed by atoms with Crippen LogP contribution in [-0.2, 0) is 14.6 Å². The van der Waals surface area contributed by atoms with Gasteiger partial charge in [0.25, 0.3) is 5.91 Å². The highest BCUT2D eigenvalue weighted by atomic mass is 32.2. The summed E-state index contributed by atoms with van der Waals surface area (Å²) in [5, 5.41) is 9.68. The summed E-state index contributed by atoms with van der Waals surface area (Å²) in [6, 6.07) is 10.7. The van der Waals surface area contributed by atoms with E-state index in [-0.39, 0.29) is 29.0 Å². The molecule has 0 spiro atoms. The van der Waals surface area contributed by atoms with Crippen molar-refractivity contribution in [3.63, 3.8) is 0 Å². The lowest BCUT2D eigenvalue weighted by atomic mass is 9.93. The van der Waals surface area contributed by atoms with Gasteiger partial charge in [-0.15, -0.1) is 5.10 Å². The molecular formula is C23H25N3O7S. The Balaban J connectivity index is 1.49. The molecule has 11 heteroatoms. The van der Waals surface area contributed by atoms with Gasteiger partial charge in [-0.2, -0.15) is 0 Å². The van der Waals surface area contributed by atoms with Crippen molar-refractivity contribution in [2.24, 2.45) is 5.41 Å². The van der Waals surface area contributed by atoms with Crippen LogP contribution in [0.5, 0.6) is 11.5 Å². The molecule has 3 aromatic rings. The monoisotopic (exact) mass is 487 g/mol. The largest absolute Gasteiger partial charge is 0.497 e. The van der Waals surface area contributed by atoms with Gasteiger partial charge in [0.05, 0.1) is 37.6 Å². The number of aromatic nitrogens is 2. The first kappa shape index (κ1) is 23.7. The number of benzene rings is 2. The second-order valence-corrected chi connectivity index (χ2v) is 10.7. The van der Waals surface area contributed by atoms with Crippen molar-refractivity contribution in [2.45, 2.75) is 24.0 Å². The molecule has 0 bridgehead atoms. The minimum absolute atomic E-state index is 0.108. The van der Waals surface area contributed by atoms with Crippen molar-refractivity contribution >= 4 is 21.8 Å². The number of anilines is 1. The highest BCUT2D eigenvalue weighted by Gasteiger charge is 2.45. The molecule has 0 aliphatic carbocycles. The van der Waals surface area contributed by atoms with Crippen LogP contribution in [-0.4, -0.2) is 57.2 Å². The molecule has 1 fully saturated rings. The topological polar surface area (TPSA) is 130 Å². The summed E-state index contributed by atoms with van der Waals surface area (Å²) in [6.45, 7) is 4.26. The Kier molecular flexibility index (Phi) is 6.32. The van der Waals surface area contributed by atoms with E-state index in [4.69, 9.17) is 18.6 Å². The summed E-state index contributed by atoms with van der Waals surface area (Å²) < 4.78 is 47.5. The van der Waals surface area contributed by atoms with E-state index in [9.17, 15) is 13.2 Å². The van der Waals surface area contributed by atoms with Crippen LogP contribution >= 0.6 is 0 Å². The van der Waals surface area contributed by atoms with Gasteiger partial charge in [0.2, 0.25) is 5.89 Å². The summed E-state index contributed by atoms with van der Waals surface area (Å²) in [5.41, 5.74) is 0.304. The molecule has 4 rings (SSSR count). The summed E-state index contributed by atoms with van der Waals surface area (Å²) in [4.78, 5) is 12.8. The van der Waals surface area contributed by atoms with E-state index in [1.54, 1.807) is 18.2 Å². The van der Waals surface area contributed by atoms with Gasteiger partial charge in [0.15, 0.2) is 9.84 Å². The number of carbonyl (C=O) groups excluding carboxylic acids is 1. The van der Waals surface area contributed by atoms with Gasteiger partial charge in [-0.05, 0) is 36.4 Å². The molecular weight excluding hydrogens is 462 g/mol. The van der Waals surface area contributed by atoms with Gasteiger partial charge in [-0.1, -0.05) is 18.9 Å². The molecule has 1 aromatic heterocycles. The number of amides is 1. The van der Waals surface area contributed by atoms with Gasteiger partial charge in [0, 0.05) is 22.6 Å². The molecule has 1 aliphatic rings. The number of ether oxygens (including phenoxy) is 3. The zero-order valence-electron chi connectivity index (χ0n) is 19.2. The summed E-state index contributed by atoms with van der Waals surface area (Å²) in [6.07, 6.45) is 0. The van der Waals surface area contributed by atoms with E-state index in [2.05, 4.69) is 15.5 Å². The zero-order valence-corrected chi connectivity index (χ0v) is 20.0. The minimum atomic E-state index is -3.60. The fourth-order valence-corrected chi connectivity index (χ4v) is 5.74. The summed E-state index contributed by atoms with van der Waals surface area (Å²) in [7, 11) is -0.555. The van der Waals surface area contributed by atoms with Crippen LogP contribution in [0.4, 0.5) is 6.01 Å². The second-order valence-electron chi connectivity index (χ2n) is 8.53. The molecule has 1 atom stereocenters. The standard InChI is InChI=1S/C23H25N3O7S/c1-23(2)13-32-12-19(23)34(28,29)18-7-5-14(6-8-18)20(27)24-22-26-25-21(33-22)15-9-16(30-3)11-17(10-15)31-4/h5-11,19H,12-13H2,1-4H3,(H,24,26,27). The first-order valence-corrected chi connectivity index (χ1v) is 12.0. The Morgan fingerprint density at radius 1 is 1.06 bits per heavy atom. The SMILES string of the molecule is COc1cc(OC)cc(-c2nnc(NC(=O)c3ccc(S(=O)(=O)C4COCC4(C)C)cc3)o2)c1. The van der Waals surface area contributed by atoms with Crippen LogP contribution in [0.15, 0.2) is 51.8 Å². The Bertz CT molecular complexity index is 1280. The van der Waals surface area contributed by atoms with Crippen molar-refractivity contribution in [3.05, 3.63) is 48.0 Å². The van der Waals surface area contributed by atoms with Crippen molar-refractivity contribution in [1.29, 1.82) is 0 Å². The molecule has 0 radical (unpaired) electrons. The number of hydrogen-bond donors (Lipinski definition) is 1. The Morgan fingerprint density at radius 3 is 2.26 bits per heavy atom. The molecule has 1 unspecified atom stereocenters. The van der Waals surface area contributed by atoms with Gasteiger partial charge >= 0.3 is 6.01 Å². The Hall–Kier alpha value is -3.44.